The lowest BCUT2D eigenvalue weighted by molar-refractivity contribution is -0.122. The Bertz CT molecular complexity index is 1220. The van der Waals surface area contributed by atoms with Gasteiger partial charge < -0.3 is 14.9 Å². The number of hydrogen-bond donors (Lipinski definition) is 1. The smallest absolute Gasteiger partial charge is 0.290 e. The molecular weight excluding hydrogens is 490 g/mol. The molecule has 0 aliphatic carbocycles. The monoisotopic (exact) mass is 517 g/mol. The number of pyridine rings is 1. The lowest BCUT2D eigenvalue weighted by atomic mass is 10.1. The number of carbonyl (C=O) groups is 1. The number of benzene rings is 1. The molecule has 4 heterocycles. The highest BCUT2D eigenvalue weighted by atomic mass is 35.5. The van der Waals surface area contributed by atoms with E-state index < -0.39 is 15.1 Å². The average molecular weight is 518 g/mol. The van der Waals surface area contributed by atoms with Crippen molar-refractivity contribution in [2.75, 3.05) is 49.1 Å². The Labute approximate surface area is 210 Å². The number of aromatic nitrogens is 1. The zero-order valence-corrected chi connectivity index (χ0v) is 20.8. The van der Waals surface area contributed by atoms with E-state index in [-0.39, 0.29) is 11.4 Å². The van der Waals surface area contributed by atoms with Gasteiger partial charge in [-0.3, -0.25) is 9.69 Å². The molecule has 9 nitrogen and oxygen atoms in total. The molecule has 11 heteroatoms. The molecule has 35 heavy (non-hydrogen) atoms. The topological polar surface area (TPSA) is 118 Å². The van der Waals surface area contributed by atoms with Crippen molar-refractivity contribution in [1.29, 1.82) is 5.26 Å². The summed E-state index contributed by atoms with van der Waals surface area (Å²) in [6.45, 7) is 4.80. The number of sulfone groups is 1. The van der Waals surface area contributed by atoms with Crippen molar-refractivity contribution >= 4 is 39.4 Å². The number of halogens is 1. The maximum atomic E-state index is 13.4. The Balaban J connectivity index is 0.000000917. The van der Waals surface area contributed by atoms with Gasteiger partial charge in [0.15, 0.2) is 9.84 Å². The Hall–Kier alpha value is -2.87. The summed E-state index contributed by atoms with van der Waals surface area (Å²) in [7, 11) is -3.58. The maximum Gasteiger partial charge on any atom is 0.290 e. The van der Waals surface area contributed by atoms with Crippen molar-refractivity contribution in [2.24, 2.45) is 0 Å². The van der Waals surface area contributed by atoms with Gasteiger partial charge in [-0.25, -0.2) is 13.4 Å². The van der Waals surface area contributed by atoms with Crippen LogP contribution in [-0.4, -0.2) is 80.4 Å². The Morgan fingerprint density at radius 3 is 2.63 bits per heavy atom. The van der Waals surface area contributed by atoms with Gasteiger partial charge in [-0.1, -0.05) is 17.7 Å². The molecule has 1 aromatic carbocycles. The third kappa shape index (κ3) is 5.37. The largest absolute Gasteiger partial charge is 0.483 e. The first-order valence-corrected chi connectivity index (χ1v) is 13.5. The quantitative estimate of drug-likeness (QED) is 0.610. The molecule has 3 saturated heterocycles. The van der Waals surface area contributed by atoms with Crippen molar-refractivity contribution in [2.45, 2.75) is 35.4 Å². The van der Waals surface area contributed by atoms with Crippen LogP contribution >= 0.6 is 11.6 Å². The number of fused-ring (bicyclic) bond motifs is 1. The van der Waals surface area contributed by atoms with Crippen LogP contribution < -0.4 is 9.80 Å². The van der Waals surface area contributed by atoms with Crippen LogP contribution in [0.1, 0.15) is 25.0 Å². The summed E-state index contributed by atoms with van der Waals surface area (Å²) in [4.78, 5) is 19.7. The van der Waals surface area contributed by atoms with Gasteiger partial charge in [0.05, 0.1) is 15.2 Å². The van der Waals surface area contributed by atoms with E-state index >= 15 is 0 Å². The highest BCUT2D eigenvalue weighted by Crippen LogP contribution is 2.34. The lowest BCUT2D eigenvalue weighted by Crippen LogP contribution is -2.50. The summed E-state index contributed by atoms with van der Waals surface area (Å²) in [5.41, 5.74) is 1.32. The van der Waals surface area contributed by atoms with E-state index in [0.717, 1.165) is 25.3 Å². The number of nitrogens with zero attached hydrogens (tertiary/aromatic N) is 5. The number of nitriles is 1. The minimum atomic E-state index is -3.58. The Morgan fingerprint density at radius 2 is 1.89 bits per heavy atom. The van der Waals surface area contributed by atoms with Crippen molar-refractivity contribution in [3.05, 3.63) is 47.1 Å². The standard InChI is InChI=1S/C23H26ClN5O2S.CH2O2/c24-21-13-18(28-12-11-27-9-2-4-19(27)15-28)6-7-22(21)32(30,31)20-8-10-29(16-20)23-5-1-3-17(14-25)26-23;2-1-3/h1,3,5-7,13,19-20H,2,4,8-12,15-16H2;1H,(H,2,3)/t19-,20-;/m0./s1. The van der Waals surface area contributed by atoms with Crippen molar-refractivity contribution in [1.82, 2.24) is 9.88 Å². The number of carboxylic acid groups (broad SMARTS) is 1. The average Bonchev–Trinajstić information content (AvgIpc) is 3.54. The molecule has 0 unspecified atom stereocenters. The fourth-order valence-corrected chi connectivity index (χ4v) is 7.41. The first-order valence-electron chi connectivity index (χ1n) is 11.6. The molecule has 3 fully saturated rings. The van der Waals surface area contributed by atoms with Gasteiger partial charge in [-0.2, -0.15) is 5.26 Å². The third-order valence-corrected chi connectivity index (χ3v) is 9.59. The van der Waals surface area contributed by atoms with E-state index in [1.165, 1.54) is 19.4 Å². The molecule has 1 aromatic heterocycles. The summed E-state index contributed by atoms with van der Waals surface area (Å²) in [6.07, 6.45) is 2.98. The minimum absolute atomic E-state index is 0.202. The van der Waals surface area contributed by atoms with Gasteiger partial charge >= 0.3 is 0 Å². The van der Waals surface area contributed by atoms with E-state index in [1.54, 1.807) is 18.2 Å². The Morgan fingerprint density at radius 1 is 1.09 bits per heavy atom. The van der Waals surface area contributed by atoms with E-state index in [1.807, 2.05) is 29.2 Å². The molecule has 1 N–H and O–H groups in total. The molecular formula is C24H28ClN5O4S. The number of hydrogen-bond acceptors (Lipinski definition) is 8. The van der Waals surface area contributed by atoms with Crippen molar-refractivity contribution < 1.29 is 18.3 Å². The predicted molar refractivity (Wildman–Crippen MR) is 134 cm³/mol. The summed E-state index contributed by atoms with van der Waals surface area (Å²) in [6, 6.07) is 13.2. The van der Waals surface area contributed by atoms with E-state index in [0.29, 0.717) is 42.1 Å². The molecule has 186 valence electrons. The van der Waals surface area contributed by atoms with Gasteiger partial charge in [0.1, 0.15) is 17.6 Å². The van der Waals surface area contributed by atoms with Crippen LogP contribution in [0, 0.1) is 11.3 Å². The summed E-state index contributed by atoms with van der Waals surface area (Å²) < 4.78 is 26.8. The van der Waals surface area contributed by atoms with Crippen LogP contribution in [0.25, 0.3) is 0 Å². The van der Waals surface area contributed by atoms with Gasteiger partial charge in [-0.15, -0.1) is 0 Å². The SMILES string of the molecule is N#Cc1cccc(N2CC[C@H](S(=O)(=O)c3ccc(N4CCN5CCC[C@H]5C4)cc3Cl)C2)n1.O=CO. The summed E-state index contributed by atoms with van der Waals surface area (Å²) >= 11 is 6.54. The van der Waals surface area contributed by atoms with Gasteiger partial charge in [0, 0.05) is 44.5 Å². The second kappa shape index (κ2) is 10.8. The predicted octanol–water partition coefficient (Wildman–Crippen LogP) is 2.64. The molecule has 3 aliphatic rings. The molecule has 2 atom stereocenters. The normalized spacial score (nSPS) is 22.2. The zero-order valence-electron chi connectivity index (χ0n) is 19.3. The van der Waals surface area contributed by atoms with Crippen LogP contribution in [0.15, 0.2) is 41.3 Å². The minimum Gasteiger partial charge on any atom is -0.483 e. The van der Waals surface area contributed by atoms with E-state index in [2.05, 4.69) is 14.8 Å². The van der Waals surface area contributed by atoms with E-state index in [9.17, 15) is 8.42 Å². The van der Waals surface area contributed by atoms with Crippen LogP contribution in [0.3, 0.4) is 0 Å². The molecule has 3 aliphatic heterocycles. The van der Waals surface area contributed by atoms with Crippen molar-refractivity contribution in [3.8, 4) is 6.07 Å². The fraction of sp³-hybridized carbons (Fsp3) is 0.458. The second-order valence-electron chi connectivity index (χ2n) is 8.89. The highest BCUT2D eigenvalue weighted by Gasteiger charge is 2.36. The van der Waals surface area contributed by atoms with Crippen molar-refractivity contribution in [3.63, 3.8) is 0 Å². The molecule has 0 saturated carbocycles. The number of anilines is 2. The molecule has 0 amide bonds. The molecule has 0 radical (unpaired) electrons. The first kappa shape index (κ1) is 25.2. The maximum absolute atomic E-state index is 13.4. The molecule has 0 bridgehead atoms. The van der Waals surface area contributed by atoms with Crippen LogP contribution in [0.4, 0.5) is 11.5 Å². The number of rotatable bonds is 4. The lowest BCUT2D eigenvalue weighted by Gasteiger charge is -2.39. The van der Waals surface area contributed by atoms with Gasteiger partial charge in [-0.05, 0) is 56.1 Å². The van der Waals surface area contributed by atoms with Gasteiger partial charge in [0.2, 0.25) is 0 Å². The Kier molecular flexibility index (Phi) is 7.79. The number of piperazine rings is 1. The molecule has 0 spiro atoms. The second-order valence-corrected chi connectivity index (χ2v) is 11.5. The fourth-order valence-electron chi connectivity index (χ4n) is 5.17. The highest BCUT2D eigenvalue weighted by molar-refractivity contribution is 7.92. The third-order valence-electron chi connectivity index (χ3n) is 6.93. The van der Waals surface area contributed by atoms with Crippen LogP contribution in [0.2, 0.25) is 5.02 Å². The van der Waals surface area contributed by atoms with E-state index in [4.69, 9.17) is 26.8 Å². The molecule has 5 rings (SSSR count). The van der Waals surface area contributed by atoms with Crippen LogP contribution in [0.5, 0.6) is 0 Å². The summed E-state index contributed by atoms with van der Waals surface area (Å²) in [5.74, 6) is 0.634. The van der Waals surface area contributed by atoms with Crippen LogP contribution in [-0.2, 0) is 14.6 Å². The summed E-state index contributed by atoms with van der Waals surface area (Å²) in [5, 5.41) is 15.7. The zero-order chi connectivity index (χ0) is 25.0. The van der Waals surface area contributed by atoms with Gasteiger partial charge in [0.25, 0.3) is 6.47 Å². The first-order chi connectivity index (χ1) is 16.9. The molecule has 2 aromatic rings.